The van der Waals surface area contributed by atoms with E-state index in [9.17, 15) is 0 Å². The van der Waals surface area contributed by atoms with Crippen LogP contribution in [0.1, 0.15) is 16.6 Å². The van der Waals surface area contributed by atoms with E-state index in [1.165, 1.54) is 11.3 Å². The number of thiophene rings is 1. The van der Waals surface area contributed by atoms with Crippen molar-refractivity contribution in [1.82, 2.24) is 4.98 Å². The second kappa shape index (κ2) is 4.49. The lowest BCUT2D eigenvalue weighted by molar-refractivity contribution is 0.847. The van der Waals surface area contributed by atoms with E-state index < -0.39 is 0 Å². The summed E-state index contributed by atoms with van der Waals surface area (Å²) in [6, 6.07) is 6.95. The van der Waals surface area contributed by atoms with Crippen LogP contribution in [0.25, 0.3) is 0 Å². The Hall–Kier alpha value is -0.610. The first-order chi connectivity index (χ1) is 7.18. The normalized spacial score (nSPS) is 12.7. The van der Waals surface area contributed by atoms with Crippen molar-refractivity contribution in [3.63, 3.8) is 0 Å². The van der Waals surface area contributed by atoms with Crippen LogP contribution in [0.3, 0.4) is 0 Å². The van der Waals surface area contributed by atoms with Crippen molar-refractivity contribution in [1.29, 1.82) is 0 Å². The molecule has 0 fully saturated rings. The van der Waals surface area contributed by atoms with E-state index in [2.05, 4.69) is 4.98 Å². The fourth-order valence-electron chi connectivity index (χ4n) is 1.26. The summed E-state index contributed by atoms with van der Waals surface area (Å²) in [5.41, 5.74) is 6.71. The Balaban J connectivity index is 2.36. The number of nitrogens with zero attached hydrogens (tertiary/aromatic N) is 1. The van der Waals surface area contributed by atoms with Gasteiger partial charge in [0, 0.05) is 11.1 Å². The van der Waals surface area contributed by atoms with Crippen molar-refractivity contribution in [3.05, 3.63) is 50.4 Å². The molecule has 0 aromatic carbocycles. The minimum atomic E-state index is -0.309. The predicted molar refractivity (Wildman–Crippen MR) is 64.6 cm³/mol. The van der Waals surface area contributed by atoms with Crippen molar-refractivity contribution in [2.75, 3.05) is 0 Å². The number of pyridine rings is 1. The molecule has 78 valence electrons. The van der Waals surface area contributed by atoms with E-state index in [4.69, 9.17) is 28.9 Å². The van der Waals surface area contributed by atoms with Gasteiger partial charge in [-0.25, -0.2) is 0 Å². The molecule has 2 heterocycles. The number of hydrogen-bond donors (Lipinski definition) is 1. The molecule has 2 aromatic rings. The molecule has 0 spiro atoms. The molecule has 0 bridgehead atoms. The predicted octanol–water partition coefficient (Wildman–Crippen LogP) is 3.50. The molecule has 2 N–H and O–H groups in total. The Kier molecular flexibility index (Phi) is 3.26. The van der Waals surface area contributed by atoms with E-state index >= 15 is 0 Å². The van der Waals surface area contributed by atoms with E-state index in [1.807, 2.05) is 12.1 Å². The molecule has 0 aliphatic rings. The van der Waals surface area contributed by atoms with Gasteiger partial charge in [0.25, 0.3) is 0 Å². The van der Waals surface area contributed by atoms with E-state index in [0.717, 1.165) is 4.88 Å². The molecule has 2 nitrogen and oxygen atoms in total. The molecule has 0 aliphatic carbocycles. The summed E-state index contributed by atoms with van der Waals surface area (Å²) in [4.78, 5) is 5.13. The molecule has 0 aliphatic heterocycles. The van der Waals surface area contributed by atoms with Gasteiger partial charge >= 0.3 is 0 Å². The van der Waals surface area contributed by atoms with Gasteiger partial charge in [0.2, 0.25) is 0 Å². The van der Waals surface area contributed by atoms with Crippen molar-refractivity contribution in [3.8, 4) is 0 Å². The number of nitrogens with two attached hydrogens (primary N) is 1. The van der Waals surface area contributed by atoms with Crippen LogP contribution in [0, 0.1) is 0 Å². The lowest BCUT2D eigenvalue weighted by atomic mass is 10.1. The first-order valence-electron chi connectivity index (χ1n) is 4.29. The van der Waals surface area contributed by atoms with Gasteiger partial charge < -0.3 is 5.73 Å². The third kappa shape index (κ3) is 2.32. The molecule has 2 aromatic heterocycles. The highest BCUT2D eigenvalue weighted by molar-refractivity contribution is 7.16. The summed E-state index contributed by atoms with van der Waals surface area (Å²) in [5, 5.41) is 0.578. The molecule has 15 heavy (non-hydrogen) atoms. The van der Waals surface area contributed by atoms with Crippen LogP contribution >= 0.6 is 34.5 Å². The van der Waals surface area contributed by atoms with Gasteiger partial charge in [-0.3, -0.25) is 4.98 Å². The minimum Gasteiger partial charge on any atom is -0.318 e. The molecule has 0 saturated carbocycles. The summed E-state index contributed by atoms with van der Waals surface area (Å²) >= 11 is 13.3. The average Bonchev–Trinajstić information content (AvgIpc) is 2.65. The van der Waals surface area contributed by atoms with Crippen LogP contribution < -0.4 is 5.73 Å². The molecule has 1 atom stereocenters. The summed E-state index contributed by atoms with van der Waals surface area (Å²) in [5.74, 6) is 0. The second-order valence-electron chi connectivity index (χ2n) is 2.99. The lowest BCUT2D eigenvalue weighted by Crippen LogP contribution is -2.12. The Morgan fingerprint density at radius 3 is 2.67 bits per heavy atom. The maximum atomic E-state index is 6.04. The molecule has 0 saturated heterocycles. The molecule has 0 amide bonds. The van der Waals surface area contributed by atoms with Crippen LogP contribution in [-0.4, -0.2) is 4.98 Å². The van der Waals surface area contributed by atoms with Gasteiger partial charge in [-0.05, 0) is 24.3 Å². The smallest absolute Gasteiger partial charge is 0.0931 e. The fraction of sp³-hybridized carbons (Fsp3) is 0.100. The highest BCUT2D eigenvalue weighted by Gasteiger charge is 2.15. The van der Waals surface area contributed by atoms with Crippen molar-refractivity contribution in [2.45, 2.75) is 6.04 Å². The lowest BCUT2D eigenvalue weighted by Gasteiger charge is -2.09. The van der Waals surface area contributed by atoms with Crippen LogP contribution in [0.4, 0.5) is 0 Å². The first kappa shape index (κ1) is 10.9. The summed E-state index contributed by atoms with van der Waals surface area (Å²) < 4.78 is 0.715. The molecule has 5 heteroatoms. The third-order valence-corrected chi connectivity index (χ3v) is 3.62. The van der Waals surface area contributed by atoms with Gasteiger partial charge in [-0.15, -0.1) is 11.3 Å². The Labute approximate surface area is 102 Å². The largest absolute Gasteiger partial charge is 0.318 e. The standard InChI is InChI=1S/C10H8Cl2N2S/c11-6-2-1-5-14-10(6)9(13)7-3-4-8(12)15-7/h1-5,9H,13H2. The van der Waals surface area contributed by atoms with Crippen LogP contribution in [0.15, 0.2) is 30.5 Å². The minimum absolute atomic E-state index is 0.309. The fourth-order valence-corrected chi connectivity index (χ4v) is 2.56. The van der Waals surface area contributed by atoms with E-state index in [1.54, 1.807) is 18.3 Å². The Morgan fingerprint density at radius 2 is 2.07 bits per heavy atom. The monoisotopic (exact) mass is 258 g/mol. The number of hydrogen-bond acceptors (Lipinski definition) is 3. The maximum absolute atomic E-state index is 6.04. The quantitative estimate of drug-likeness (QED) is 0.896. The summed E-state index contributed by atoms with van der Waals surface area (Å²) in [6.07, 6.45) is 1.68. The van der Waals surface area contributed by atoms with E-state index in [0.29, 0.717) is 15.1 Å². The van der Waals surface area contributed by atoms with Crippen molar-refractivity contribution in [2.24, 2.45) is 5.73 Å². The topological polar surface area (TPSA) is 38.9 Å². The average molecular weight is 259 g/mol. The molecule has 2 rings (SSSR count). The Bertz CT molecular complexity index is 470. The van der Waals surface area contributed by atoms with Gasteiger partial charge in [-0.2, -0.15) is 0 Å². The van der Waals surface area contributed by atoms with Crippen molar-refractivity contribution < 1.29 is 0 Å². The summed E-state index contributed by atoms with van der Waals surface area (Å²) in [6.45, 7) is 0. The number of halogens is 2. The zero-order chi connectivity index (χ0) is 10.8. The zero-order valence-electron chi connectivity index (χ0n) is 7.65. The molecular weight excluding hydrogens is 251 g/mol. The van der Waals surface area contributed by atoms with Gasteiger partial charge in [-0.1, -0.05) is 23.2 Å². The van der Waals surface area contributed by atoms with Gasteiger partial charge in [0.1, 0.15) is 0 Å². The number of aromatic nitrogens is 1. The highest BCUT2D eigenvalue weighted by Crippen LogP contribution is 2.31. The van der Waals surface area contributed by atoms with Crippen LogP contribution in [-0.2, 0) is 0 Å². The second-order valence-corrected chi connectivity index (χ2v) is 5.14. The third-order valence-electron chi connectivity index (χ3n) is 1.98. The van der Waals surface area contributed by atoms with Crippen LogP contribution in [0.2, 0.25) is 9.36 Å². The number of rotatable bonds is 2. The van der Waals surface area contributed by atoms with Gasteiger partial charge in [0.15, 0.2) is 0 Å². The maximum Gasteiger partial charge on any atom is 0.0931 e. The zero-order valence-corrected chi connectivity index (χ0v) is 9.98. The van der Waals surface area contributed by atoms with E-state index in [-0.39, 0.29) is 6.04 Å². The van der Waals surface area contributed by atoms with Gasteiger partial charge in [0.05, 0.1) is 21.1 Å². The SMILES string of the molecule is NC(c1ccc(Cl)s1)c1ncccc1Cl. The Morgan fingerprint density at radius 1 is 1.27 bits per heavy atom. The molecular formula is C10H8Cl2N2S. The van der Waals surface area contributed by atoms with Crippen molar-refractivity contribution >= 4 is 34.5 Å². The molecule has 1 unspecified atom stereocenters. The first-order valence-corrected chi connectivity index (χ1v) is 5.87. The highest BCUT2D eigenvalue weighted by atomic mass is 35.5. The molecule has 0 radical (unpaired) electrons. The van der Waals surface area contributed by atoms with Crippen LogP contribution in [0.5, 0.6) is 0 Å². The summed E-state index contributed by atoms with van der Waals surface area (Å²) in [7, 11) is 0.